The SMILES string of the molecule is CC(CCNCc1ncncc1C(=O)O)c1ccccc1. The number of carbonyl (C=O) groups is 1. The van der Waals surface area contributed by atoms with E-state index in [4.69, 9.17) is 5.11 Å². The molecule has 0 saturated carbocycles. The average molecular weight is 285 g/mol. The third kappa shape index (κ3) is 4.36. The molecule has 2 aromatic rings. The molecular weight excluding hydrogens is 266 g/mol. The van der Waals surface area contributed by atoms with Gasteiger partial charge in [0.05, 0.1) is 5.69 Å². The van der Waals surface area contributed by atoms with Crippen LogP contribution in [0.1, 0.15) is 40.9 Å². The van der Waals surface area contributed by atoms with Gasteiger partial charge in [0, 0.05) is 12.7 Å². The van der Waals surface area contributed by atoms with Crippen molar-refractivity contribution in [1.29, 1.82) is 0 Å². The standard InChI is InChI=1S/C16H19N3O2/c1-12(13-5-3-2-4-6-13)7-8-17-10-15-14(16(20)21)9-18-11-19-15/h2-6,9,11-12,17H,7-8,10H2,1H3,(H,20,21). The van der Waals surface area contributed by atoms with Crippen LogP contribution in [-0.4, -0.2) is 27.6 Å². The molecule has 21 heavy (non-hydrogen) atoms. The van der Waals surface area contributed by atoms with E-state index in [1.165, 1.54) is 18.1 Å². The first-order valence-electron chi connectivity index (χ1n) is 6.96. The average Bonchev–Trinajstić information content (AvgIpc) is 2.52. The van der Waals surface area contributed by atoms with Gasteiger partial charge in [-0.25, -0.2) is 14.8 Å². The van der Waals surface area contributed by atoms with Crippen molar-refractivity contribution >= 4 is 5.97 Å². The van der Waals surface area contributed by atoms with Crippen LogP contribution in [0.25, 0.3) is 0 Å². The second kappa shape index (κ2) is 7.50. The molecule has 0 amide bonds. The maximum absolute atomic E-state index is 11.0. The second-order valence-corrected chi connectivity index (χ2v) is 4.97. The molecule has 0 aliphatic heterocycles. The predicted octanol–water partition coefficient (Wildman–Crippen LogP) is 2.46. The molecule has 1 atom stereocenters. The van der Waals surface area contributed by atoms with Crippen molar-refractivity contribution in [2.75, 3.05) is 6.54 Å². The predicted molar refractivity (Wildman–Crippen MR) is 80.2 cm³/mol. The molecule has 0 bridgehead atoms. The van der Waals surface area contributed by atoms with E-state index in [2.05, 4.69) is 34.3 Å². The van der Waals surface area contributed by atoms with Crippen molar-refractivity contribution < 1.29 is 9.90 Å². The molecule has 1 unspecified atom stereocenters. The Kier molecular flexibility index (Phi) is 5.40. The number of carboxylic acids is 1. The number of hydrogen-bond acceptors (Lipinski definition) is 4. The second-order valence-electron chi connectivity index (χ2n) is 4.97. The number of hydrogen-bond donors (Lipinski definition) is 2. The summed E-state index contributed by atoms with van der Waals surface area (Å²) >= 11 is 0. The van der Waals surface area contributed by atoms with E-state index in [-0.39, 0.29) is 5.56 Å². The zero-order valence-corrected chi connectivity index (χ0v) is 12.0. The van der Waals surface area contributed by atoms with Crippen LogP contribution in [0.4, 0.5) is 0 Å². The zero-order valence-electron chi connectivity index (χ0n) is 12.0. The molecule has 0 radical (unpaired) electrons. The Hall–Kier alpha value is -2.27. The number of aromatic carboxylic acids is 1. The molecule has 5 heteroatoms. The number of rotatable bonds is 7. The van der Waals surface area contributed by atoms with Gasteiger partial charge in [0.25, 0.3) is 0 Å². The molecule has 110 valence electrons. The lowest BCUT2D eigenvalue weighted by molar-refractivity contribution is 0.0694. The molecule has 5 nitrogen and oxygen atoms in total. The van der Waals surface area contributed by atoms with Crippen LogP contribution >= 0.6 is 0 Å². The molecule has 1 heterocycles. The maximum atomic E-state index is 11.0. The number of nitrogens with one attached hydrogen (secondary N) is 1. The highest BCUT2D eigenvalue weighted by Crippen LogP contribution is 2.17. The van der Waals surface area contributed by atoms with Crippen LogP contribution < -0.4 is 5.32 Å². The normalized spacial score (nSPS) is 12.0. The Bertz CT molecular complexity index is 587. The fourth-order valence-electron chi connectivity index (χ4n) is 2.15. The van der Waals surface area contributed by atoms with E-state index < -0.39 is 5.97 Å². The van der Waals surface area contributed by atoms with Gasteiger partial charge >= 0.3 is 5.97 Å². The summed E-state index contributed by atoms with van der Waals surface area (Å²) in [6.07, 6.45) is 3.69. The van der Waals surface area contributed by atoms with E-state index in [9.17, 15) is 4.79 Å². The van der Waals surface area contributed by atoms with Crippen LogP contribution in [0.15, 0.2) is 42.9 Å². The fourth-order valence-corrected chi connectivity index (χ4v) is 2.15. The molecule has 0 saturated heterocycles. The fraction of sp³-hybridized carbons (Fsp3) is 0.312. The largest absolute Gasteiger partial charge is 0.478 e. The van der Waals surface area contributed by atoms with Crippen molar-refractivity contribution in [3.05, 3.63) is 59.7 Å². The molecule has 0 aliphatic rings. The molecule has 1 aromatic heterocycles. The number of benzene rings is 1. The monoisotopic (exact) mass is 285 g/mol. The molecule has 0 aliphatic carbocycles. The van der Waals surface area contributed by atoms with Crippen molar-refractivity contribution in [2.24, 2.45) is 0 Å². The Morgan fingerprint density at radius 1 is 1.33 bits per heavy atom. The van der Waals surface area contributed by atoms with Gasteiger partial charge in [0.1, 0.15) is 11.9 Å². The zero-order chi connectivity index (χ0) is 15.1. The van der Waals surface area contributed by atoms with E-state index in [1.54, 1.807) is 0 Å². The third-order valence-electron chi connectivity index (χ3n) is 3.44. The van der Waals surface area contributed by atoms with Crippen molar-refractivity contribution in [3.8, 4) is 0 Å². The summed E-state index contributed by atoms with van der Waals surface area (Å²) < 4.78 is 0. The van der Waals surface area contributed by atoms with Crippen LogP contribution in [0, 0.1) is 0 Å². The summed E-state index contributed by atoms with van der Waals surface area (Å²) in [7, 11) is 0. The first-order valence-corrected chi connectivity index (χ1v) is 6.96. The summed E-state index contributed by atoms with van der Waals surface area (Å²) in [5.41, 5.74) is 1.98. The van der Waals surface area contributed by atoms with Crippen LogP contribution in [0.5, 0.6) is 0 Å². The van der Waals surface area contributed by atoms with Gasteiger partial charge in [-0.15, -0.1) is 0 Å². The van der Waals surface area contributed by atoms with Gasteiger partial charge < -0.3 is 10.4 Å². The first kappa shape index (κ1) is 15.1. The van der Waals surface area contributed by atoms with Crippen molar-refractivity contribution in [1.82, 2.24) is 15.3 Å². The van der Waals surface area contributed by atoms with Crippen LogP contribution in [-0.2, 0) is 6.54 Å². The Morgan fingerprint density at radius 3 is 2.81 bits per heavy atom. The topological polar surface area (TPSA) is 75.1 Å². The lowest BCUT2D eigenvalue weighted by Crippen LogP contribution is -2.19. The number of aromatic nitrogens is 2. The summed E-state index contributed by atoms with van der Waals surface area (Å²) in [5, 5.41) is 12.3. The van der Waals surface area contributed by atoms with Crippen LogP contribution in [0.2, 0.25) is 0 Å². The first-order chi connectivity index (χ1) is 10.2. The Labute approximate surface area is 124 Å². The molecule has 2 N–H and O–H groups in total. The molecule has 0 spiro atoms. The quantitative estimate of drug-likeness (QED) is 0.764. The Balaban J connectivity index is 1.81. The molecule has 2 rings (SSSR count). The molecular formula is C16H19N3O2. The van der Waals surface area contributed by atoms with E-state index in [1.807, 2.05) is 18.2 Å². The van der Waals surface area contributed by atoms with Gasteiger partial charge in [-0.1, -0.05) is 37.3 Å². The lowest BCUT2D eigenvalue weighted by Gasteiger charge is -2.12. The van der Waals surface area contributed by atoms with Gasteiger partial charge in [0.2, 0.25) is 0 Å². The third-order valence-corrected chi connectivity index (χ3v) is 3.44. The van der Waals surface area contributed by atoms with Gasteiger partial charge in [0.15, 0.2) is 0 Å². The Morgan fingerprint density at radius 2 is 2.10 bits per heavy atom. The minimum atomic E-state index is -0.995. The summed E-state index contributed by atoms with van der Waals surface area (Å²) in [4.78, 5) is 18.8. The number of carboxylic acid groups (broad SMARTS) is 1. The van der Waals surface area contributed by atoms with Gasteiger partial charge in [-0.05, 0) is 24.4 Å². The van der Waals surface area contributed by atoms with Crippen LogP contribution in [0.3, 0.4) is 0 Å². The summed E-state index contributed by atoms with van der Waals surface area (Å²) in [6.45, 7) is 3.43. The molecule has 1 aromatic carbocycles. The lowest BCUT2D eigenvalue weighted by atomic mass is 9.98. The maximum Gasteiger partial charge on any atom is 0.339 e. The summed E-state index contributed by atoms with van der Waals surface area (Å²) in [6, 6.07) is 10.3. The minimum absolute atomic E-state index is 0.154. The van der Waals surface area contributed by atoms with E-state index >= 15 is 0 Å². The van der Waals surface area contributed by atoms with Gasteiger partial charge in [-0.2, -0.15) is 0 Å². The minimum Gasteiger partial charge on any atom is -0.478 e. The highest BCUT2D eigenvalue weighted by atomic mass is 16.4. The van der Waals surface area contributed by atoms with Crippen molar-refractivity contribution in [2.45, 2.75) is 25.8 Å². The van der Waals surface area contributed by atoms with E-state index in [0.717, 1.165) is 13.0 Å². The summed E-state index contributed by atoms with van der Waals surface area (Å²) in [5.74, 6) is -0.534. The number of nitrogens with zero attached hydrogens (tertiary/aromatic N) is 2. The van der Waals surface area contributed by atoms with Crippen molar-refractivity contribution in [3.63, 3.8) is 0 Å². The highest BCUT2D eigenvalue weighted by Gasteiger charge is 2.11. The smallest absolute Gasteiger partial charge is 0.339 e. The van der Waals surface area contributed by atoms with Gasteiger partial charge in [-0.3, -0.25) is 0 Å². The molecule has 0 fully saturated rings. The van der Waals surface area contributed by atoms with E-state index in [0.29, 0.717) is 18.2 Å². The highest BCUT2D eigenvalue weighted by molar-refractivity contribution is 5.88.